The summed E-state index contributed by atoms with van der Waals surface area (Å²) in [5, 5.41) is 0.262. The number of carbonyl (C=O) groups is 1. The molecule has 1 rings (SSSR count). The molecule has 0 spiro atoms. The molecule has 114 valence electrons. The fraction of sp³-hybridized carbons (Fsp3) is 0.417. The first kappa shape index (κ1) is 18.9. The van der Waals surface area contributed by atoms with Gasteiger partial charge in [0.1, 0.15) is 11.8 Å². The van der Waals surface area contributed by atoms with Crippen molar-refractivity contribution in [3.8, 4) is 5.75 Å². The number of halogens is 4. The first-order valence-electron chi connectivity index (χ1n) is 5.48. The number of methoxy groups -OCH3 is 1. The summed E-state index contributed by atoms with van der Waals surface area (Å²) >= 11 is 5.78. The standard InChI is InChI=1S/C12H14ClF2NO3.ClH/c1-3-19-11(17)12(14,15)10(16)7-4-5-8(13)9(6-7)18-2;/h4-6,10H,3,16H2,1-2H3;1H/t10-;/m0./s1. The van der Waals surface area contributed by atoms with Crippen LogP contribution in [-0.2, 0) is 9.53 Å². The van der Waals surface area contributed by atoms with Crippen LogP contribution >= 0.6 is 24.0 Å². The maximum absolute atomic E-state index is 13.7. The van der Waals surface area contributed by atoms with Gasteiger partial charge >= 0.3 is 11.9 Å². The van der Waals surface area contributed by atoms with Crippen LogP contribution in [0.25, 0.3) is 0 Å². The van der Waals surface area contributed by atoms with Crippen molar-refractivity contribution in [1.82, 2.24) is 0 Å². The molecular weight excluding hydrogens is 315 g/mol. The van der Waals surface area contributed by atoms with Gasteiger partial charge in [0.05, 0.1) is 18.7 Å². The topological polar surface area (TPSA) is 61.5 Å². The Morgan fingerprint density at radius 3 is 2.60 bits per heavy atom. The monoisotopic (exact) mass is 329 g/mol. The third-order valence-corrected chi connectivity index (χ3v) is 2.78. The maximum atomic E-state index is 13.7. The number of carbonyl (C=O) groups excluding carboxylic acids is 1. The van der Waals surface area contributed by atoms with E-state index in [9.17, 15) is 13.6 Å². The van der Waals surface area contributed by atoms with Crippen molar-refractivity contribution in [3.63, 3.8) is 0 Å². The summed E-state index contributed by atoms with van der Waals surface area (Å²) in [6.07, 6.45) is 0. The van der Waals surface area contributed by atoms with Crippen LogP contribution in [0.15, 0.2) is 18.2 Å². The zero-order valence-corrected chi connectivity index (χ0v) is 12.4. The summed E-state index contributed by atoms with van der Waals surface area (Å²) in [5.74, 6) is -5.28. The smallest absolute Gasteiger partial charge is 0.379 e. The van der Waals surface area contributed by atoms with E-state index in [2.05, 4.69) is 4.74 Å². The lowest BCUT2D eigenvalue weighted by atomic mass is 10.0. The fourth-order valence-corrected chi connectivity index (χ4v) is 1.63. The highest BCUT2D eigenvalue weighted by molar-refractivity contribution is 6.32. The molecule has 20 heavy (non-hydrogen) atoms. The lowest BCUT2D eigenvalue weighted by Gasteiger charge is -2.22. The Balaban J connectivity index is 0.00000361. The molecule has 0 aliphatic rings. The highest BCUT2D eigenvalue weighted by atomic mass is 35.5. The van der Waals surface area contributed by atoms with E-state index >= 15 is 0 Å². The molecule has 0 aromatic heterocycles. The minimum absolute atomic E-state index is 0. The summed E-state index contributed by atoms with van der Waals surface area (Å²) in [6, 6.07) is 2.11. The van der Waals surface area contributed by atoms with Crippen LogP contribution in [0.1, 0.15) is 18.5 Å². The number of ether oxygens (including phenoxy) is 2. The number of hydrogen-bond donors (Lipinski definition) is 1. The molecule has 0 aliphatic carbocycles. The molecule has 0 fully saturated rings. The molecule has 4 nitrogen and oxygen atoms in total. The predicted molar refractivity (Wildman–Crippen MR) is 73.8 cm³/mol. The molecule has 0 radical (unpaired) electrons. The van der Waals surface area contributed by atoms with Crippen molar-refractivity contribution in [2.24, 2.45) is 5.73 Å². The van der Waals surface area contributed by atoms with Gasteiger partial charge in [0.25, 0.3) is 0 Å². The lowest BCUT2D eigenvalue weighted by Crippen LogP contribution is -2.41. The van der Waals surface area contributed by atoms with Crippen molar-refractivity contribution in [1.29, 1.82) is 0 Å². The molecule has 0 aliphatic heterocycles. The van der Waals surface area contributed by atoms with Gasteiger partial charge in [0.15, 0.2) is 0 Å². The van der Waals surface area contributed by atoms with E-state index < -0.39 is 17.9 Å². The quantitative estimate of drug-likeness (QED) is 0.843. The van der Waals surface area contributed by atoms with E-state index in [1.807, 2.05) is 0 Å². The van der Waals surface area contributed by atoms with Crippen LogP contribution in [-0.4, -0.2) is 25.6 Å². The van der Waals surface area contributed by atoms with Crippen molar-refractivity contribution in [3.05, 3.63) is 28.8 Å². The fourth-order valence-electron chi connectivity index (χ4n) is 1.43. The molecule has 2 N–H and O–H groups in total. The Labute approximate surface area is 126 Å². The van der Waals surface area contributed by atoms with E-state index in [1.165, 1.54) is 32.2 Å². The SMILES string of the molecule is CCOC(=O)C(F)(F)[C@@H](N)c1ccc(Cl)c(OC)c1.Cl. The molecule has 0 amide bonds. The minimum atomic E-state index is -3.82. The van der Waals surface area contributed by atoms with Crippen LogP contribution in [0.5, 0.6) is 5.75 Å². The van der Waals surface area contributed by atoms with Crippen molar-refractivity contribution in [2.45, 2.75) is 18.9 Å². The Hall–Kier alpha value is -1.11. The van der Waals surface area contributed by atoms with E-state index in [4.69, 9.17) is 22.1 Å². The average Bonchev–Trinajstić information content (AvgIpc) is 2.38. The second-order valence-corrected chi connectivity index (χ2v) is 4.12. The van der Waals surface area contributed by atoms with Crippen LogP contribution in [0.4, 0.5) is 8.78 Å². The van der Waals surface area contributed by atoms with E-state index in [-0.39, 0.29) is 35.3 Å². The van der Waals surface area contributed by atoms with Crippen molar-refractivity contribution < 1.29 is 23.0 Å². The zero-order chi connectivity index (χ0) is 14.6. The van der Waals surface area contributed by atoms with Gasteiger partial charge in [0, 0.05) is 0 Å². The Morgan fingerprint density at radius 1 is 1.50 bits per heavy atom. The summed E-state index contributed by atoms with van der Waals surface area (Å²) in [5.41, 5.74) is 5.46. The molecule has 1 aromatic carbocycles. The van der Waals surface area contributed by atoms with Crippen LogP contribution in [0.2, 0.25) is 5.02 Å². The minimum Gasteiger partial charge on any atom is -0.495 e. The number of hydrogen-bond acceptors (Lipinski definition) is 4. The van der Waals surface area contributed by atoms with Gasteiger partial charge < -0.3 is 15.2 Å². The largest absolute Gasteiger partial charge is 0.495 e. The molecule has 0 bridgehead atoms. The highest BCUT2D eigenvalue weighted by Crippen LogP contribution is 2.34. The van der Waals surface area contributed by atoms with Gasteiger partial charge in [0.2, 0.25) is 0 Å². The summed E-state index contributed by atoms with van der Waals surface area (Å²) < 4.78 is 36.7. The normalized spacial score (nSPS) is 12.3. The third-order valence-electron chi connectivity index (χ3n) is 2.47. The van der Waals surface area contributed by atoms with Crippen LogP contribution < -0.4 is 10.5 Å². The van der Waals surface area contributed by atoms with Gasteiger partial charge in [-0.25, -0.2) is 4.79 Å². The Bertz CT molecular complexity index is 472. The van der Waals surface area contributed by atoms with Crippen molar-refractivity contribution >= 4 is 30.0 Å². The number of nitrogens with two attached hydrogens (primary N) is 1. The van der Waals surface area contributed by atoms with Crippen molar-refractivity contribution in [2.75, 3.05) is 13.7 Å². The second kappa shape index (κ2) is 7.61. The molecule has 0 saturated heterocycles. The predicted octanol–water partition coefficient (Wildman–Crippen LogP) is 2.97. The zero-order valence-electron chi connectivity index (χ0n) is 10.9. The van der Waals surface area contributed by atoms with E-state index in [1.54, 1.807) is 0 Å². The Morgan fingerprint density at radius 2 is 2.10 bits per heavy atom. The summed E-state index contributed by atoms with van der Waals surface area (Å²) in [6.45, 7) is 1.29. The lowest BCUT2D eigenvalue weighted by molar-refractivity contribution is -0.174. The number of esters is 1. The Kier molecular flexibility index (Phi) is 7.19. The van der Waals surface area contributed by atoms with Gasteiger partial charge in [-0.15, -0.1) is 12.4 Å². The van der Waals surface area contributed by atoms with Crippen LogP contribution in [0.3, 0.4) is 0 Å². The van der Waals surface area contributed by atoms with Gasteiger partial charge in [-0.2, -0.15) is 8.78 Å². The molecule has 0 unspecified atom stereocenters. The van der Waals surface area contributed by atoms with Gasteiger partial charge in [-0.3, -0.25) is 0 Å². The third kappa shape index (κ3) is 3.94. The molecular formula is C12H15Cl2F2NO3. The number of benzene rings is 1. The molecule has 8 heteroatoms. The van der Waals surface area contributed by atoms with E-state index in [0.717, 1.165) is 0 Å². The summed E-state index contributed by atoms with van der Waals surface area (Å²) in [7, 11) is 1.35. The number of rotatable bonds is 5. The average molecular weight is 330 g/mol. The molecule has 1 aromatic rings. The van der Waals surface area contributed by atoms with Gasteiger partial charge in [-0.1, -0.05) is 17.7 Å². The van der Waals surface area contributed by atoms with Gasteiger partial charge in [-0.05, 0) is 24.6 Å². The first-order valence-corrected chi connectivity index (χ1v) is 5.86. The summed E-state index contributed by atoms with van der Waals surface area (Å²) in [4.78, 5) is 11.2. The number of alkyl halides is 2. The first-order chi connectivity index (χ1) is 8.84. The molecule has 0 saturated carbocycles. The van der Waals surface area contributed by atoms with Crippen LogP contribution in [0, 0.1) is 0 Å². The molecule has 1 atom stereocenters. The highest BCUT2D eigenvalue weighted by Gasteiger charge is 2.47. The molecule has 0 heterocycles. The maximum Gasteiger partial charge on any atom is 0.379 e. The second-order valence-electron chi connectivity index (χ2n) is 3.72. The van der Waals surface area contributed by atoms with E-state index in [0.29, 0.717) is 0 Å².